The number of carboxylic acid groups (broad SMARTS) is 1. The van der Waals surface area contributed by atoms with Crippen LogP contribution in [0.1, 0.15) is 80.6 Å². The summed E-state index contributed by atoms with van der Waals surface area (Å²) in [7, 11) is 1.53. The third-order valence-electron chi connectivity index (χ3n) is 5.21. The number of nitrogens with two attached hydrogens (primary N) is 1. The van der Waals surface area contributed by atoms with Gasteiger partial charge in [0.2, 0.25) is 5.95 Å². The number of carbonyl (C=O) groups excluding carboxylic acids is 1. The number of aromatic carboxylic acids is 1. The van der Waals surface area contributed by atoms with E-state index in [0.717, 1.165) is 24.8 Å². The number of aromatic nitrogens is 2. The van der Waals surface area contributed by atoms with Crippen LogP contribution in [-0.4, -0.2) is 45.8 Å². The summed E-state index contributed by atoms with van der Waals surface area (Å²) in [6, 6.07) is 4.49. The van der Waals surface area contributed by atoms with E-state index in [-0.39, 0.29) is 29.9 Å². The molecule has 1 unspecified atom stereocenters. The monoisotopic (exact) mass is 472 g/mol. The summed E-state index contributed by atoms with van der Waals surface area (Å²) in [5.41, 5.74) is 7.62. The second kappa shape index (κ2) is 11.7. The Bertz CT molecular complexity index is 1020. The van der Waals surface area contributed by atoms with Crippen molar-refractivity contribution in [2.24, 2.45) is 0 Å². The number of aryl methyl sites for hydroxylation is 1. The Morgan fingerprint density at radius 1 is 1.24 bits per heavy atom. The van der Waals surface area contributed by atoms with Crippen LogP contribution in [0.15, 0.2) is 18.2 Å². The molecular formula is C25H36N4O5. The first-order valence-electron chi connectivity index (χ1n) is 11.4. The zero-order chi connectivity index (χ0) is 25.5. The second-order valence-corrected chi connectivity index (χ2v) is 9.28. The molecule has 186 valence electrons. The maximum atomic E-state index is 12.5. The molecule has 0 saturated heterocycles. The minimum atomic E-state index is -1.02. The zero-order valence-electron chi connectivity index (χ0n) is 20.9. The van der Waals surface area contributed by atoms with Crippen LogP contribution in [0.2, 0.25) is 0 Å². The largest absolute Gasteiger partial charge is 0.496 e. The van der Waals surface area contributed by atoms with Crippen molar-refractivity contribution in [1.82, 2.24) is 9.97 Å². The van der Waals surface area contributed by atoms with Crippen molar-refractivity contribution in [3.63, 3.8) is 0 Å². The SMILES string of the molecule is CCCCC(CC(=O)OC(C)(C)C)Nc1nc(N)nc(C)c1Cc1cc(C(=O)O)ccc1OC. The number of ether oxygens (including phenoxy) is 2. The fourth-order valence-electron chi connectivity index (χ4n) is 3.64. The van der Waals surface area contributed by atoms with E-state index in [1.165, 1.54) is 13.2 Å². The Morgan fingerprint density at radius 2 is 1.94 bits per heavy atom. The van der Waals surface area contributed by atoms with Gasteiger partial charge in [-0.05, 0) is 57.9 Å². The highest BCUT2D eigenvalue weighted by atomic mass is 16.6. The van der Waals surface area contributed by atoms with Crippen molar-refractivity contribution >= 4 is 23.7 Å². The van der Waals surface area contributed by atoms with Gasteiger partial charge in [0.25, 0.3) is 0 Å². The first-order chi connectivity index (χ1) is 15.9. The molecule has 0 aliphatic heterocycles. The topological polar surface area (TPSA) is 137 Å². The first-order valence-corrected chi connectivity index (χ1v) is 11.4. The molecule has 2 rings (SSSR count). The number of unbranched alkanes of at least 4 members (excludes halogenated alkanes) is 1. The lowest BCUT2D eigenvalue weighted by Gasteiger charge is -2.24. The van der Waals surface area contributed by atoms with Crippen LogP contribution < -0.4 is 15.8 Å². The lowest BCUT2D eigenvalue weighted by molar-refractivity contribution is -0.155. The molecule has 0 radical (unpaired) electrons. The molecular weight excluding hydrogens is 436 g/mol. The lowest BCUT2D eigenvalue weighted by atomic mass is 10.00. The highest BCUT2D eigenvalue weighted by Gasteiger charge is 2.23. The summed E-state index contributed by atoms with van der Waals surface area (Å²) >= 11 is 0. The summed E-state index contributed by atoms with van der Waals surface area (Å²) in [5, 5.41) is 12.8. The van der Waals surface area contributed by atoms with E-state index < -0.39 is 11.6 Å². The number of nitrogens with one attached hydrogen (secondary N) is 1. The average Bonchev–Trinajstić information content (AvgIpc) is 2.72. The van der Waals surface area contributed by atoms with E-state index in [0.29, 0.717) is 29.2 Å². The molecule has 9 heteroatoms. The van der Waals surface area contributed by atoms with Crippen molar-refractivity contribution < 1.29 is 24.2 Å². The molecule has 1 aromatic carbocycles. The van der Waals surface area contributed by atoms with Crippen molar-refractivity contribution in [1.29, 1.82) is 0 Å². The number of hydrogen-bond acceptors (Lipinski definition) is 8. The van der Waals surface area contributed by atoms with Crippen LogP contribution in [0, 0.1) is 6.92 Å². The predicted molar refractivity (Wildman–Crippen MR) is 131 cm³/mol. The Hall–Kier alpha value is -3.36. The molecule has 0 fully saturated rings. The first kappa shape index (κ1) is 26.9. The normalized spacial score (nSPS) is 12.2. The lowest BCUT2D eigenvalue weighted by Crippen LogP contribution is -2.30. The fourth-order valence-corrected chi connectivity index (χ4v) is 3.64. The van der Waals surface area contributed by atoms with Crippen LogP contribution in [-0.2, 0) is 16.0 Å². The zero-order valence-corrected chi connectivity index (χ0v) is 20.9. The van der Waals surface area contributed by atoms with Gasteiger partial charge in [0.05, 0.1) is 19.1 Å². The Kier molecular flexibility index (Phi) is 9.23. The molecule has 0 spiro atoms. The van der Waals surface area contributed by atoms with Crippen molar-refractivity contribution in [2.75, 3.05) is 18.2 Å². The number of nitrogen functional groups attached to an aromatic ring is 1. The highest BCUT2D eigenvalue weighted by molar-refractivity contribution is 5.88. The summed E-state index contributed by atoms with van der Waals surface area (Å²) in [6.07, 6.45) is 3.15. The van der Waals surface area contributed by atoms with Gasteiger partial charge in [-0.1, -0.05) is 19.8 Å². The summed E-state index contributed by atoms with van der Waals surface area (Å²) in [6.45, 7) is 9.42. The molecule has 0 saturated carbocycles. The van der Waals surface area contributed by atoms with Crippen LogP contribution in [0.5, 0.6) is 5.75 Å². The molecule has 0 aliphatic carbocycles. The number of carboxylic acids is 1. The third-order valence-corrected chi connectivity index (χ3v) is 5.21. The number of anilines is 2. The molecule has 34 heavy (non-hydrogen) atoms. The number of carbonyl (C=O) groups is 2. The van der Waals surface area contributed by atoms with E-state index in [1.807, 2.05) is 27.7 Å². The van der Waals surface area contributed by atoms with Crippen LogP contribution in [0.4, 0.5) is 11.8 Å². The molecule has 4 N–H and O–H groups in total. The minimum absolute atomic E-state index is 0.113. The minimum Gasteiger partial charge on any atom is -0.496 e. The number of nitrogens with zero attached hydrogens (tertiary/aromatic N) is 2. The predicted octanol–water partition coefficient (Wildman–Crippen LogP) is 4.37. The van der Waals surface area contributed by atoms with E-state index >= 15 is 0 Å². The number of benzene rings is 1. The number of methoxy groups -OCH3 is 1. The molecule has 0 bridgehead atoms. The van der Waals surface area contributed by atoms with Gasteiger partial charge in [-0.25, -0.2) is 9.78 Å². The van der Waals surface area contributed by atoms with Crippen LogP contribution >= 0.6 is 0 Å². The smallest absolute Gasteiger partial charge is 0.335 e. The molecule has 1 aromatic heterocycles. The van der Waals surface area contributed by atoms with Gasteiger partial charge in [0.1, 0.15) is 17.2 Å². The van der Waals surface area contributed by atoms with E-state index in [9.17, 15) is 14.7 Å². The molecule has 1 heterocycles. The number of rotatable bonds is 11. The molecule has 0 amide bonds. The van der Waals surface area contributed by atoms with Gasteiger partial charge in [0, 0.05) is 23.7 Å². The van der Waals surface area contributed by atoms with Crippen LogP contribution in [0.3, 0.4) is 0 Å². The van der Waals surface area contributed by atoms with Gasteiger partial charge >= 0.3 is 11.9 Å². The Balaban J connectivity index is 2.41. The Morgan fingerprint density at radius 3 is 2.53 bits per heavy atom. The maximum absolute atomic E-state index is 12.5. The molecule has 0 aliphatic rings. The third kappa shape index (κ3) is 7.90. The summed E-state index contributed by atoms with van der Waals surface area (Å²) in [4.78, 5) is 32.7. The summed E-state index contributed by atoms with van der Waals surface area (Å²) < 4.78 is 11.0. The van der Waals surface area contributed by atoms with Gasteiger partial charge in [-0.3, -0.25) is 4.79 Å². The Labute approximate surface area is 201 Å². The van der Waals surface area contributed by atoms with Gasteiger partial charge < -0.3 is 25.6 Å². The maximum Gasteiger partial charge on any atom is 0.335 e. The molecule has 9 nitrogen and oxygen atoms in total. The fraction of sp³-hybridized carbons (Fsp3) is 0.520. The van der Waals surface area contributed by atoms with E-state index in [2.05, 4.69) is 22.2 Å². The average molecular weight is 473 g/mol. The van der Waals surface area contributed by atoms with Crippen LogP contribution in [0.25, 0.3) is 0 Å². The second-order valence-electron chi connectivity index (χ2n) is 9.28. The summed E-state index contributed by atoms with van der Waals surface area (Å²) in [5.74, 6) is -0.135. The van der Waals surface area contributed by atoms with Crippen molar-refractivity contribution in [2.45, 2.75) is 78.4 Å². The molecule has 1 atom stereocenters. The molecule has 2 aromatic rings. The van der Waals surface area contributed by atoms with E-state index in [4.69, 9.17) is 15.2 Å². The highest BCUT2D eigenvalue weighted by Crippen LogP contribution is 2.28. The van der Waals surface area contributed by atoms with Crippen molar-refractivity contribution in [3.05, 3.63) is 40.6 Å². The van der Waals surface area contributed by atoms with Gasteiger partial charge in [-0.2, -0.15) is 4.98 Å². The van der Waals surface area contributed by atoms with Gasteiger partial charge in [0.15, 0.2) is 0 Å². The van der Waals surface area contributed by atoms with Gasteiger partial charge in [-0.15, -0.1) is 0 Å². The van der Waals surface area contributed by atoms with E-state index in [1.54, 1.807) is 12.1 Å². The van der Waals surface area contributed by atoms with Crippen molar-refractivity contribution in [3.8, 4) is 5.75 Å². The quantitative estimate of drug-likeness (QED) is 0.407. The number of esters is 1. The standard InChI is InChI=1S/C25H36N4O5/c1-7-8-9-18(14-21(30)34-25(3,4)5)28-22-19(15(2)27-24(26)29-22)13-17-12-16(23(31)32)10-11-20(17)33-6/h10-12,18H,7-9,13-14H2,1-6H3,(H,31,32)(H3,26,27,28,29). The number of hydrogen-bond donors (Lipinski definition) is 3.